The molecule has 0 saturated carbocycles. The molecule has 0 spiro atoms. The van der Waals surface area contributed by atoms with E-state index in [1.54, 1.807) is 52.0 Å². The van der Waals surface area contributed by atoms with E-state index in [9.17, 15) is 24.3 Å². The van der Waals surface area contributed by atoms with Gasteiger partial charge in [0.2, 0.25) is 23.6 Å². The third-order valence-electron chi connectivity index (χ3n) is 12.0. The number of nitrogens with one attached hydrogen (secondary N) is 1. The van der Waals surface area contributed by atoms with E-state index in [1.165, 1.54) is 0 Å². The number of ether oxygens (including phenoxy) is 2. The van der Waals surface area contributed by atoms with Gasteiger partial charge in [-0.15, -0.1) is 0 Å². The van der Waals surface area contributed by atoms with E-state index in [4.69, 9.17) is 9.47 Å². The second-order valence-electron chi connectivity index (χ2n) is 16.8. The molecule has 0 unspecified atom stereocenters. The van der Waals surface area contributed by atoms with Crippen molar-refractivity contribution < 1.29 is 33.8 Å². The summed E-state index contributed by atoms with van der Waals surface area (Å²) in [5.41, 5.74) is 0.712. The monoisotopic (exact) mass is 774 g/mol. The summed E-state index contributed by atoms with van der Waals surface area (Å²) in [5.74, 6) is -1.43. The van der Waals surface area contributed by atoms with Gasteiger partial charge in [0.1, 0.15) is 6.04 Å². The minimum Gasteiger partial charge on any atom is -0.386 e. The third kappa shape index (κ3) is 12.0. The maximum Gasteiger partial charge on any atom is 0.245 e. The van der Waals surface area contributed by atoms with Crippen LogP contribution in [-0.2, 0) is 28.7 Å². The second-order valence-corrected chi connectivity index (χ2v) is 16.8. The van der Waals surface area contributed by atoms with E-state index in [2.05, 4.69) is 37.9 Å². The highest BCUT2D eigenvalue weighted by atomic mass is 16.5. The van der Waals surface area contributed by atoms with Crippen LogP contribution in [0.1, 0.15) is 107 Å². The molecule has 1 aromatic carbocycles. The van der Waals surface area contributed by atoms with Crippen LogP contribution in [0.2, 0.25) is 0 Å². The van der Waals surface area contributed by atoms with Crippen LogP contribution >= 0.6 is 0 Å². The Labute approximate surface area is 332 Å². The molecular formula is C43H75N5O7. The Balaban J connectivity index is 2.31. The lowest BCUT2D eigenvalue weighted by molar-refractivity contribution is -0.154. The first-order chi connectivity index (χ1) is 25.8. The molecule has 1 aliphatic rings. The molecule has 12 nitrogen and oxygen atoms in total. The number of carbonyl (C=O) groups excluding carboxylic acids is 4. The standard InChI is InChI=1S/C43H75N5O7/c1-16-29(8)38(47(13)43(53)37(27(4)5)46(12)42(52)36(26(2)3)45(11)28(6)7)34(54-14)25-35(49)48-24-20-23-33(48)40(55-15)30(9)41(51)44-31(10)39(50)32-21-18-17-19-22-32/h17-19,21-22,26-31,33-34,36-40,50H,16,20,23-25H2,1-15H3,(H,44,51)/t29-,30+,31+,33-,34+,36-,37-,38-,39+,40+/m0/s1. The van der Waals surface area contributed by atoms with Crippen molar-refractivity contribution in [3.63, 3.8) is 0 Å². The topological polar surface area (TPSA) is 132 Å². The average molecular weight is 774 g/mol. The number of likely N-dealkylation sites (N-methyl/N-ethyl adjacent to an activating group) is 3. The number of aliphatic hydroxyl groups is 1. The highest BCUT2D eigenvalue weighted by molar-refractivity contribution is 5.90. The van der Waals surface area contributed by atoms with E-state index >= 15 is 0 Å². The first kappa shape index (κ1) is 48.1. The smallest absolute Gasteiger partial charge is 0.245 e. The molecule has 4 amide bonds. The second kappa shape index (κ2) is 22.0. The van der Waals surface area contributed by atoms with Gasteiger partial charge in [0.15, 0.2) is 0 Å². The van der Waals surface area contributed by atoms with Crippen molar-refractivity contribution in [2.24, 2.45) is 23.7 Å². The van der Waals surface area contributed by atoms with Gasteiger partial charge < -0.3 is 34.6 Å². The number of hydrogen-bond acceptors (Lipinski definition) is 8. The number of likely N-dealkylation sites (tertiary alicyclic amines) is 1. The van der Waals surface area contributed by atoms with Gasteiger partial charge in [0.05, 0.1) is 54.8 Å². The first-order valence-electron chi connectivity index (χ1n) is 20.4. The van der Waals surface area contributed by atoms with E-state index < -0.39 is 42.4 Å². The molecule has 55 heavy (non-hydrogen) atoms. The Kier molecular flexibility index (Phi) is 19.3. The molecule has 1 heterocycles. The van der Waals surface area contributed by atoms with Crippen LogP contribution in [0, 0.1) is 23.7 Å². The fraction of sp³-hybridized carbons (Fsp3) is 0.767. The van der Waals surface area contributed by atoms with Crippen molar-refractivity contribution in [2.45, 2.75) is 149 Å². The Bertz CT molecular complexity index is 1360. The van der Waals surface area contributed by atoms with Crippen LogP contribution in [0.15, 0.2) is 30.3 Å². The number of nitrogens with zero attached hydrogens (tertiary/aromatic N) is 4. The van der Waals surface area contributed by atoms with E-state index in [-0.39, 0.29) is 65.9 Å². The van der Waals surface area contributed by atoms with Crippen LogP contribution < -0.4 is 5.32 Å². The lowest BCUT2D eigenvalue weighted by Gasteiger charge is -2.43. The minimum atomic E-state index is -0.877. The maximum atomic E-state index is 14.6. The predicted molar refractivity (Wildman–Crippen MR) is 218 cm³/mol. The van der Waals surface area contributed by atoms with Gasteiger partial charge in [-0.1, -0.05) is 85.2 Å². The number of methoxy groups -OCH3 is 2. The van der Waals surface area contributed by atoms with Gasteiger partial charge in [-0.25, -0.2) is 0 Å². The predicted octanol–water partition coefficient (Wildman–Crippen LogP) is 4.99. The summed E-state index contributed by atoms with van der Waals surface area (Å²) in [6.07, 6.45) is 0.141. The number of hydrogen-bond donors (Lipinski definition) is 2. The maximum absolute atomic E-state index is 14.6. The molecule has 314 valence electrons. The van der Waals surface area contributed by atoms with E-state index in [1.807, 2.05) is 70.0 Å². The van der Waals surface area contributed by atoms with Gasteiger partial charge >= 0.3 is 0 Å². The Hall–Kier alpha value is -3.06. The van der Waals surface area contributed by atoms with Crippen molar-refractivity contribution in [3.05, 3.63) is 35.9 Å². The lowest BCUT2D eigenvalue weighted by atomic mass is 9.89. The number of benzene rings is 1. The summed E-state index contributed by atoms with van der Waals surface area (Å²) < 4.78 is 12.0. The number of carbonyl (C=O) groups is 4. The first-order valence-corrected chi connectivity index (χ1v) is 20.4. The Morgan fingerprint density at radius 2 is 1.42 bits per heavy atom. The van der Waals surface area contributed by atoms with Gasteiger partial charge in [-0.2, -0.15) is 0 Å². The van der Waals surface area contributed by atoms with E-state index in [0.29, 0.717) is 18.5 Å². The third-order valence-corrected chi connectivity index (χ3v) is 12.0. The molecule has 1 fully saturated rings. The number of aliphatic hydroxyl groups excluding tert-OH is 1. The molecule has 1 aromatic rings. The summed E-state index contributed by atoms with van der Waals surface area (Å²) in [5, 5.41) is 13.8. The lowest BCUT2D eigenvalue weighted by Crippen LogP contribution is -2.60. The van der Waals surface area contributed by atoms with E-state index in [0.717, 1.165) is 12.8 Å². The van der Waals surface area contributed by atoms with Crippen molar-refractivity contribution in [1.82, 2.24) is 24.9 Å². The highest BCUT2D eigenvalue weighted by Gasteiger charge is 2.44. The summed E-state index contributed by atoms with van der Waals surface area (Å²) in [4.78, 5) is 63.6. The van der Waals surface area contributed by atoms with Gasteiger partial charge in [-0.05, 0) is 64.0 Å². The van der Waals surface area contributed by atoms with Crippen molar-refractivity contribution in [3.8, 4) is 0 Å². The summed E-state index contributed by atoms with van der Waals surface area (Å²) in [6.45, 7) is 20.3. The molecule has 0 radical (unpaired) electrons. The largest absolute Gasteiger partial charge is 0.386 e. The Morgan fingerprint density at radius 1 is 0.855 bits per heavy atom. The zero-order valence-electron chi connectivity index (χ0n) is 36.6. The fourth-order valence-corrected chi connectivity index (χ4v) is 8.38. The van der Waals surface area contributed by atoms with Gasteiger partial charge in [0.25, 0.3) is 0 Å². The summed E-state index contributed by atoms with van der Waals surface area (Å²) >= 11 is 0. The molecule has 0 aliphatic carbocycles. The van der Waals surface area contributed by atoms with Crippen LogP contribution in [0.3, 0.4) is 0 Å². The van der Waals surface area contributed by atoms with Crippen molar-refractivity contribution in [2.75, 3.05) is 41.9 Å². The molecule has 1 aliphatic heterocycles. The quantitative estimate of drug-likeness (QED) is 0.179. The number of amides is 4. The average Bonchev–Trinajstić information content (AvgIpc) is 3.63. The molecular weight excluding hydrogens is 699 g/mol. The van der Waals surface area contributed by atoms with Crippen molar-refractivity contribution >= 4 is 23.6 Å². The summed E-state index contributed by atoms with van der Waals surface area (Å²) in [7, 11) is 8.58. The summed E-state index contributed by atoms with van der Waals surface area (Å²) in [6, 6.07) is 6.92. The van der Waals surface area contributed by atoms with Crippen molar-refractivity contribution in [1.29, 1.82) is 0 Å². The fourth-order valence-electron chi connectivity index (χ4n) is 8.38. The van der Waals surface area contributed by atoms with Gasteiger partial charge in [0, 0.05) is 40.9 Å². The molecule has 2 rings (SSSR count). The van der Waals surface area contributed by atoms with Crippen LogP contribution in [0.5, 0.6) is 0 Å². The molecule has 10 atom stereocenters. The van der Waals surface area contributed by atoms with Crippen LogP contribution in [0.25, 0.3) is 0 Å². The zero-order valence-corrected chi connectivity index (χ0v) is 36.6. The zero-order chi connectivity index (χ0) is 41.9. The van der Waals surface area contributed by atoms with Crippen LogP contribution in [-0.4, -0.2) is 139 Å². The normalized spacial score (nSPS) is 19.8. The molecule has 0 bridgehead atoms. The Morgan fingerprint density at radius 3 is 1.91 bits per heavy atom. The molecule has 12 heteroatoms. The van der Waals surface area contributed by atoms with Crippen LogP contribution in [0.4, 0.5) is 0 Å². The number of rotatable bonds is 21. The molecule has 2 N–H and O–H groups in total. The molecule has 0 aromatic heterocycles. The highest BCUT2D eigenvalue weighted by Crippen LogP contribution is 2.30. The van der Waals surface area contributed by atoms with Gasteiger partial charge in [-0.3, -0.25) is 24.1 Å². The molecule has 1 saturated heterocycles. The minimum absolute atomic E-state index is 0.0194. The SMILES string of the molecule is CC[C@H](C)[C@@H]([C@@H](CC(=O)N1CCC[C@H]1[C@H](OC)[C@@H](C)C(=O)N[C@H](C)[C@@H](O)c1ccccc1)OC)N(C)C(=O)[C@H](C(C)C)N(C)C(=O)[C@H](C(C)C)N(C)C(C)C.